The standard InChI is InChI=1S/C23H33NO4S2Si/c1-22(2,3)23(4,28-31(5)6)16-18(25)24-17(20(26)27)21(30-19(16)24)29-14-10-13-15-11-8-7-9-12-15/h7-9,11-12,16,19,31H,10,13-14H2,1-6H3,(H,26,27)/t16-,19-,23+/m1/s1. The molecule has 2 heterocycles. The summed E-state index contributed by atoms with van der Waals surface area (Å²) in [5.41, 5.74) is 0.561. The molecule has 1 amide bonds. The number of carboxylic acid groups (broad SMARTS) is 1. The van der Waals surface area contributed by atoms with Crippen LogP contribution >= 0.6 is 23.5 Å². The largest absolute Gasteiger partial charge is 0.477 e. The molecule has 5 nitrogen and oxygen atoms in total. The molecular formula is C23H33NO4S2Si. The van der Waals surface area contributed by atoms with Crippen LogP contribution in [-0.4, -0.2) is 47.7 Å². The lowest BCUT2D eigenvalue weighted by Crippen LogP contribution is -2.69. The third-order valence-corrected chi connectivity index (χ3v) is 9.84. The Morgan fingerprint density at radius 2 is 1.87 bits per heavy atom. The number of benzene rings is 1. The van der Waals surface area contributed by atoms with E-state index in [1.54, 1.807) is 11.8 Å². The number of nitrogens with zero attached hydrogens (tertiary/aromatic N) is 1. The van der Waals surface area contributed by atoms with Crippen molar-refractivity contribution in [2.75, 3.05) is 5.75 Å². The van der Waals surface area contributed by atoms with Gasteiger partial charge in [-0.3, -0.25) is 9.69 Å². The predicted octanol–water partition coefficient (Wildman–Crippen LogP) is 4.94. The van der Waals surface area contributed by atoms with Crippen molar-refractivity contribution in [2.24, 2.45) is 11.3 Å². The van der Waals surface area contributed by atoms with E-state index in [9.17, 15) is 14.7 Å². The fourth-order valence-corrected chi connectivity index (χ4v) is 8.62. The number of carboxylic acids is 1. The number of carbonyl (C=O) groups excluding carboxylic acids is 1. The Morgan fingerprint density at radius 1 is 1.23 bits per heavy atom. The Hall–Kier alpha value is -1.22. The number of hydrogen-bond donors (Lipinski definition) is 1. The van der Waals surface area contributed by atoms with Crippen molar-refractivity contribution in [3.8, 4) is 0 Å². The normalized spacial score (nSPS) is 23.1. The summed E-state index contributed by atoms with van der Waals surface area (Å²) in [4.78, 5) is 26.8. The van der Waals surface area contributed by atoms with Crippen LogP contribution in [-0.2, 0) is 20.4 Å². The highest BCUT2D eigenvalue weighted by Gasteiger charge is 2.65. The van der Waals surface area contributed by atoms with Crippen molar-refractivity contribution in [1.82, 2.24) is 4.90 Å². The summed E-state index contributed by atoms with van der Waals surface area (Å²) in [5.74, 6) is -0.672. The Labute approximate surface area is 195 Å². The fraction of sp³-hybridized carbons (Fsp3) is 0.565. The second-order valence-corrected chi connectivity index (χ2v) is 14.4. The highest BCUT2D eigenvalue weighted by molar-refractivity contribution is 8.22. The number of aryl methyl sites for hydroxylation is 1. The molecule has 170 valence electrons. The van der Waals surface area contributed by atoms with Crippen LogP contribution < -0.4 is 0 Å². The molecule has 3 rings (SSSR count). The maximum atomic E-state index is 13.2. The Balaban J connectivity index is 1.73. The molecule has 1 saturated heterocycles. The Kier molecular flexibility index (Phi) is 7.35. The smallest absolute Gasteiger partial charge is 0.354 e. The van der Waals surface area contributed by atoms with Crippen LogP contribution in [0.25, 0.3) is 0 Å². The van der Waals surface area contributed by atoms with Crippen molar-refractivity contribution in [3.05, 3.63) is 45.8 Å². The molecule has 0 bridgehead atoms. The topological polar surface area (TPSA) is 66.8 Å². The average molecular weight is 480 g/mol. The zero-order valence-corrected chi connectivity index (χ0v) is 22.0. The summed E-state index contributed by atoms with van der Waals surface area (Å²) in [5, 5.41) is 9.65. The molecule has 1 aromatic carbocycles. The van der Waals surface area contributed by atoms with Gasteiger partial charge in [-0.2, -0.15) is 0 Å². The molecule has 2 aliphatic rings. The summed E-state index contributed by atoms with van der Waals surface area (Å²) in [6.45, 7) is 12.6. The van der Waals surface area contributed by atoms with E-state index < -0.39 is 20.6 Å². The Bertz CT molecular complexity index is 868. The summed E-state index contributed by atoms with van der Waals surface area (Å²) in [6.07, 6.45) is 1.91. The van der Waals surface area contributed by atoms with Crippen molar-refractivity contribution < 1.29 is 19.1 Å². The van der Waals surface area contributed by atoms with Crippen molar-refractivity contribution >= 4 is 44.4 Å². The molecule has 1 fully saturated rings. The van der Waals surface area contributed by atoms with Gasteiger partial charge in [0, 0.05) is 0 Å². The molecular weight excluding hydrogens is 446 g/mol. The minimum atomic E-state index is -1.42. The first-order chi connectivity index (χ1) is 14.5. The average Bonchev–Trinajstić information content (AvgIpc) is 2.99. The number of aliphatic carboxylic acids is 1. The van der Waals surface area contributed by atoms with Crippen molar-refractivity contribution in [2.45, 2.75) is 64.6 Å². The van der Waals surface area contributed by atoms with E-state index in [4.69, 9.17) is 4.43 Å². The quantitative estimate of drug-likeness (QED) is 0.307. The maximum Gasteiger partial charge on any atom is 0.354 e. The van der Waals surface area contributed by atoms with E-state index in [0.29, 0.717) is 0 Å². The van der Waals surface area contributed by atoms with Gasteiger partial charge in [0.1, 0.15) is 5.37 Å². The van der Waals surface area contributed by atoms with Crippen LogP contribution in [0.3, 0.4) is 0 Å². The first-order valence-electron chi connectivity index (χ1n) is 10.8. The van der Waals surface area contributed by atoms with E-state index in [1.165, 1.54) is 22.2 Å². The van der Waals surface area contributed by atoms with E-state index in [-0.39, 0.29) is 28.3 Å². The third-order valence-electron chi connectivity index (χ3n) is 6.16. The van der Waals surface area contributed by atoms with Gasteiger partial charge >= 0.3 is 5.97 Å². The molecule has 1 N–H and O–H groups in total. The predicted molar refractivity (Wildman–Crippen MR) is 131 cm³/mol. The summed E-state index contributed by atoms with van der Waals surface area (Å²) < 4.78 is 7.22. The van der Waals surface area contributed by atoms with E-state index in [0.717, 1.165) is 22.8 Å². The SMILES string of the molecule is C[SiH](C)O[C@@](C)([C@@H]1C(=O)N2C(C(=O)O)=C(SCCCc3ccccc3)S[C@H]12)C(C)(C)C. The first-order valence-corrected chi connectivity index (χ1v) is 15.4. The van der Waals surface area contributed by atoms with Crippen LogP contribution in [0.2, 0.25) is 13.1 Å². The lowest BCUT2D eigenvalue weighted by molar-refractivity contribution is -0.173. The van der Waals surface area contributed by atoms with Gasteiger partial charge in [0.05, 0.1) is 15.8 Å². The fourth-order valence-electron chi connectivity index (χ4n) is 4.18. The van der Waals surface area contributed by atoms with E-state index >= 15 is 0 Å². The lowest BCUT2D eigenvalue weighted by atomic mass is 9.66. The molecule has 3 atom stereocenters. The van der Waals surface area contributed by atoms with Gasteiger partial charge in [-0.05, 0) is 49.6 Å². The minimum Gasteiger partial charge on any atom is -0.477 e. The van der Waals surface area contributed by atoms with Crippen LogP contribution in [0.4, 0.5) is 0 Å². The molecule has 1 aromatic rings. The molecule has 0 aromatic heterocycles. The monoisotopic (exact) mass is 479 g/mol. The lowest BCUT2D eigenvalue weighted by Gasteiger charge is -2.56. The number of hydrogen-bond acceptors (Lipinski definition) is 5. The molecule has 0 unspecified atom stereocenters. The number of thioether (sulfide) groups is 2. The summed E-state index contributed by atoms with van der Waals surface area (Å²) in [6, 6.07) is 10.3. The zero-order chi connectivity index (χ0) is 23.0. The number of rotatable bonds is 9. The van der Waals surface area contributed by atoms with Gasteiger partial charge in [-0.1, -0.05) is 62.9 Å². The van der Waals surface area contributed by atoms with Crippen molar-refractivity contribution in [1.29, 1.82) is 0 Å². The maximum absolute atomic E-state index is 13.2. The molecule has 2 aliphatic heterocycles. The van der Waals surface area contributed by atoms with Gasteiger partial charge in [-0.15, -0.1) is 11.8 Å². The molecule has 0 saturated carbocycles. The summed E-state index contributed by atoms with van der Waals surface area (Å²) >= 11 is 3.09. The second-order valence-electron chi connectivity index (χ2n) is 9.60. The zero-order valence-electron chi connectivity index (χ0n) is 19.2. The van der Waals surface area contributed by atoms with Crippen LogP contribution in [0, 0.1) is 11.3 Å². The van der Waals surface area contributed by atoms with E-state index in [2.05, 4.69) is 46.0 Å². The number of fused-ring (bicyclic) bond motifs is 1. The number of amides is 1. The van der Waals surface area contributed by atoms with Gasteiger partial charge in [-0.25, -0.2) is 4.79 Å². The minimum absolute atomic E-state index is 0.123. The molecule has 8 heteroatoms. The molecule has 0 aliphatic carbocycles. The van der Waals surface area contributed by atoms with Crippen molar-refractivity contribution in [3.63, 3.8) is 0 Å². The molecule has 0 radical (unpaired) electrons. The molecule has 31 heavy (non-hydrogen) atoms. The van der Waals surface area contributed by atoms with Crippen LogP contribution in [0.15, 0.2) is 40.3 Å². The van der Waals surface area contributed by atoms with Crippen LogP contribution in [0.1, 0.15) is 39.7 Å². The number of carbonyl (C=O) groups is 2. The van der Waals surface area contributed by atoms with Crippen LogP contribution in [0.5, 0.6) is 0 Å². The summed E-state index contributed by atoms with van der Waals surface area (Å²) in [7, 11) is -1.42. The second kappa shape index (κ2) is 9.33. The van der Waals surface area contributed by atoms with Gasteiger partial charge < -0.3 is 9.53 Å². The number of β-lactam (4-membered cyclic amide) rings is 1. The highest BCUT2D eigenvalue weighted by Crippen LogP contribution is 2.58. The van der Waals surface area contributed by atoms with Gasteiger partial charge in [0.15, 0.2) is 14.7 Å². The van der Waals surface area contributed by atoms with Gasteiger partial charge in [0.2, 0.25) is 5.91 Å². The first kappa shape index (κ1) is 24.4. The highest BCUT2D eigenvalue weighted by atomic mass is 32.2. The van der Waals surface area contributed by atoms with Gasteiger partial charge in [0.25, 0.3) is 0 Å². The Morgan fingerprint density at radius 3 is 2.42 bits per heavy atom. The third kappa shape index (κ3) is 4.77. The van der Waals surface area contributed by atoms with E-state index in [1.807, 2.05) is 25.1 Å². The molecule has 0 spiro atoms.